The maximum absolute atomic E-state index is 5.84. The van der Waals surface area contributed by atoms with Crippen molar-refractivity contribution in [3.8, 4) is 0 Å². The van der Waals surface area contributed by atoms with Crippen molar-refractivity contribution in [2.45, 2.75) is 0 Å². The van der Waals surface area contributed by atoms with E-state index in [9.17, 15) is 0 Å². The molecule has 1 heterocycles. The highest BCUT2D eigenvalue weighted by atomic mass is 35.5. The zero-order chi connectivity index (χ0) is 11.5. The Morgan fingerprint density at radius 3 is 2.50 bits per heavy atom. The van der Waals surface area contributed by atoms with E-state index in [-0.39, 0.29) is 5.96 Å². The third-order valence-corrected chi connectivity index (χ3v) is 2.27. The van der Waals surface area contributed by atoms with Crippen LogP contribution in [0.5, 0.6) is 0 Å². The first kappa shape index (κ1) is 11.0. The van der Waals surface area contributed by atoms with Crippen LogP contribution >= 0.6 is 23.2 Å². The number of rotatable bonds is 1. The van der Waals surface area contributed by atoms with E-state index in [0.29, 0.717) is 15.7 Å². The first-order valence-corrected chi connectivity index (χ1v) is 5.21. The van der Waals surface area contributed by atoms with Crippen LogP contribution in [0.2, 0.25) is 10.0 Å². The summed E-state index contributed by atoms with van der Waals surface area (Å²) in [6, 6.07) is 6.73. The van der Waals surface area contributed by atoms with Gasteiger partial charge in [-0.3, -0.25) is 0 Å². The molecule has 16 heavy (non-hydrogen) atoms. The molecule has 0 unspecified atom stereocenters. The number of aliphatic imine (C=N–C) groups is 1. The second-order valence-corrected chi connectivity index (χ2v) is 3.92. The number of hydrogen-bond acceptors (Lipinski definition) is 2. The Kier molecular flexibility index (Phi) is 3.12. The van der Waals surface area contributed by atoms with Crippen molar-refractivity contribution >= 4 is 34.8 Å². The minimum absolute atomic E-state index is 0.253. The monoisotopic (exact) mass is 254 g/mol. The van der Waals surface area contributed by atoms with Gasteiger partial charge in [-0.1, -0.05) is 23.2 Å². The Balaban J connectivity index is 2.35. The van der Waals surface area contributed by atoms with E-state index in [0.717, 1.165) is 0 Å². The number of nitrogens with zero attached hydrogens (tertiary/aromatic N) is 3. The lowest BCUT2D eigenvalue weighted by atomic mass is 10.3. The molecule has 0 aliphatic heterocycles. The highest BCUT2D eigenvalue weighted by Crippen LogP contribution is 2.24. The van der Waals surface area contributed by atoms with Gasteiger partial charge >= 0.3 is 0 Å². The lowest BCUT2D eigenvalue weighted by Crippen LogP contribution is -2.22. The minimum atomic E-state index is 0.253. The van der Waals surface area contributed by atoms with E-state index in [1.165, 1.54) is 4.68 Å². The standard InChI is InChI=1S/C10H8Cl2N4/c11-7-4-8(12)6-9(5-7)15-10(13)16-3-1-2-14-16/h1-6H,(H2,13,15). The van der Waals surface area contributed by atoms with Crippen LogP contribution in [-0.4, -0.2) is 15.7 Å². The molecule has 0 atom stereocenters. The van der Waals surface area contributed by atoms with Crippen LogP contribution in [0.15, 0.2) is 41.7 Å². The predicted molar refractivity (Wildman–Crippen MR) is 65.4 cm³/mol. The third-order valence-electron chi connectivity index (χ3n) is 1.83. The van der Waals surface area contributed by atoms with E-state index in [1.54, 1.807) is 36.7 Å². The molecule has 0 spiro atoms. The smallest absolute Gasteiger partial charge is 0.221 e. The van der Waals surface area contributed by atoms with Gasteiger partial charge in [-0.2, -0.15) is 5.10 Å². The maximum Gasteiger partial charge on any atom is 0.221 e. The van der Waals surface area contributed by atoms with Crippen LogP contribution < -0.4 is 5.73 Å². The number of hydrogen-bond donors (Lipinski definition) is 1. The quantitative estimate of drug-likeness (QED) is 0.629. The molecule has 2 aromatic rings. The van der Waals surface area contributed by atoms with E-state index < -0.39 is 0 Å². The van der Waals surface area contributed by atoms with Crippen molar-refractivity contribution in [3.05, 3.63) is 46.7 Å². The topological polar surface area (TPSA) is 56.2 Å². The zero-order valence-electron chi connectivity index (χ0n) is 8.14. The van der Waals surface area contributed by atoms with Gasteiger partial charge in [-0.25, -0.2) is 9.67 Å². The molecule has 0 fully saturated rings. The molecule has 0 amide bonds. The molecule has 2 N–H and O–H groups in total. The Morgan fingerprint density at radius 2 is 1.94 bits per heavy atom. The molecule has 6 heteroatoms. The first-order chi connectivity index (χ1) is 7.65. The van der Waals surface area contributed by atoms with Crippen LogP contribution in [0.3, 0.4) is 0 Å². The molecule has 4 nitrogen and oxygen atoms in total. The fraction of sp³-hybridized carbons (Fsp3) is 0. The summed E-state index contributed by atoms with van der Waals surface area (Å²) in [6.07, 6.45) is 3.32. The fourth-order valence-corrected chi connectivity index (χ4v) is 1.71. The van der Waals surface area contributed by atoms with Crippen molar-refractivity contribution in [1.29, 1.82) is 0 Å². The van der Waals surface area contributed by atoms with Crippen LogP contribution in [0, 0.1) is 0 Å². The van der Waals surface area contributed by atoms with Gasteiger partial charge in [0.2, 0.25) is 5.96 Å². The second kappa shape index (κ2) is 4.55. The molecule has 0 saturated carbocycles. The summed E-state index contributed by atoms with van der Waals surface area (Å²) in [5.41, 5.74) is 6.32. The lowest BCUT2D eigenvalue weighted by molar-refractivity contribution is 0.920. The summed E-state index contributed by atoms with van der Waals surface area (Å²) in [5, 5.41) is 4.98. The molecular weight excluding hydrogens is 247 g/mol. The molecule has 1 aromatic carbocycles. The lowest BCUT2D eigenvalue weighted by Gasteiger charge is -2.01. The Hall–Kier alpha value is -1.52. The average Bonchev–Trinajstić information content (AvgIpc) is 2.68. The Labute approximate surface area is 102 Å². The molecule has 1 aromatic heterocycles. The molecular formula is C10H8Cl2N4. The van der Waals surface area contributed by atoms with Crippen molar-refractivity contribution in [2.75, 3.05) is 0 Å². The maximum atomic E-state index is 5.84. The summed E-state index contributed by atoms with van der Waals surface area (Å²) >= 11 is 11.7. The van der Waals surface area contributed by atoms with Gasteiger partial charge < -0.3 is 5.73 Å². The molecule has 0 bridgehead atoms. The largest absolute Gasteiger partial charge is 0.368 e. The second-order valence-electron chi connectivity index (χ2n) is 3.05. The fourth-order valence-electron chi connectivity index (χ4n) is 1.19. The van der Waals surface area contributed by atoms with Crippen LogP contribution in [-0.2, 0) is 0 Å². The van der Waals surface area contributed by atoms with Crippen molar-refractivity contribution in [2.24, 2.45) is 10.7 Å². The van der Waals surface area contributed by atoms with Crippen molar-refractivity contribution in [3.63, 3.8) is 0 Å². The number of halogens is 2. The summed E-state index contributed by atoms with van der Waals surface area (Å²) in [7, 11) is 0. The summed E-state index contributed by atoms with van der Waals surface area (Å²) in [5.74, 6) is 0.253. The van der Waals surface area contributed by atoms with Crippen molar-refractivity contribution in [1.82, 2.24) is 9.78 Å². The summed E-state index contributed by atoms with van der Waals surface area (Å²) in [4.78, 5) is 4.15. The molecule has 0 aliphatic rings. The number of aromatic nitrogens is 2. The van der Waals surface area contributed by atoms with Gasteiger partial charge in [0, 0.05) is 22.4 Å². The Morgan fingerprint density at radius 1 is 1.25 bits per heavy atom. The third kappa shape index (κ3) is 2.53. The SMILES string of the molecule is NC(=Nc1cc(Cl)cc(Cl)c1)n1cccn1. The van der Waals surface area contributed by atoms with Gasteiger partial charge in [0.05, 0.1) is 5.69 Å². The van der Waals surface area contributed by atoms with Gasteiger partial charge in [0.15, 0.2) is 0 Å². The average molecular weight is 255 g/mol. The van der Waals surface area contributed by atoms with Crippen LogP contribution in [0.1, 0.15) is 0 Å². The Bertz CT molecular complexity index is 499. The van der Waals surface area contributed by atoms with E-state index >= 15 is 0 Å². The summed E-state index contributed by atoms with van der Waals surface area (Å²) in [6.45, 7) is 0. The van der Waals surface area contributed by atoms with Crippen LogP contribution in [0.4, 0.5) is 5.69 Å². The van der Waals surface area contributed by atoms with Crippen LogP contribution in [0.25, 0.3) is 0 Å². The number of nitrogens with two attached hydrogens (primary N) is 1. The van der Waals surface area contributed by atoms with E-state index in [1.807, 2.05) is 0 Å². The molecule has 0 saturated heterocycles. The zero-order valence-corrected chi connectivity index (χ0v) is 9.65. The molecule has 0 radical (unpaired) electrons. The number of benzene rings is 1. The van der Waals surface area contributed by atoms with E-state index in [2.05, 4.69) is 10.1 Å². The van der Waals surface area contributed by atoms with Gasteiger partial charge in [0.25, 0.3) is 0 Å². The van der Waals surface area contributed by atoms with E-state index in [4.69, 9.17) is 28.9 Å². The van der Waals surface area contributed by atoms with Crippen molar-refractivity contribution < 1.29 is 0 Å². The molecule has 82 valence electrons. The predicted octanol–water partition coefficient (Wildman–Crippen LogP) is 2.68. The minimum Gasteiger partial charge on any atom is -0.368 e. The van der Waals surface area contributed by atoms with Gasteiger partial charge in [-0.05, 0) is 24.3 Å². The highest BCUT2D eigenvalue weighted by Gasteiger charge is 1.99. The van der Waals surface area contributed by atoms with Gasteiger partial charge in [-0.15, -0.1) is 0 Å². The summed E-state index contributed by atoms with van der Waals surface area (Å²) < 4.78 is 1.45. The van der Waals surface area contributed by atoms with Gasteiger partial charge in [0.1, 0.15) is 0 Å². The normalized spacial score (nSPS) is 11.8. The molecule has 0 aliphatic carbocycles. The first-order valence-electron chi connectivity index (χ1n) is 4.45. The highest BCUT2D eigenvalue weighted by molar-refractivity contribution is 6.35. The molecule has 2 rings (SSSR count).